The molecule has 0 bridgehead atoms. The summed E-state index contributed by atoms with van der Waals surface area (Å²) in [5.74, 6) is -1.53. The molecular formula is C63H80F2N12O11S. The van der Waals surface area contributed by atoms with E-state index in [1.807, 2.05) is 61.8 Å². The summed E-state index contributed by atoms with van der Waals surface area (Å²) in [5.41, 5.74) is 5.22. The summed E-state index contributed by atoms with van der Waals surface area (Å²) >= 11 is 1.57. The summed E-state index contributed by atoms with van der Waals surface area (Å²) in [6.45, 7) is 12.4. The van der Waals surface area contributed by atoms with Gasteiger partial charge in [0, 0.05) is 63.4 Å². The van der Waals surface area contributed by atoms with Crippen LogP contribution in [0, 0.1) is 24.0 Å². The number of hydrogen-bond acceptors (Lipinski definition) is 18. The van der Waals surface area contributed by atoms with Gasteiger partial charge in [0.2, 0.25) is 23.6 Å². The predicted octanol–water partition coefficient (Wildman–Crippen LogP) is 6.50. The minimum absolute atomic E-state index is 0.00835. The highest BCUT2D eigenvalue weighted by Crippen LogP contribution is 2.37. The Morgan fingerprint density at radius 2 is 1.49 bits per heavy atom. The third-order valence-electron chi connectivity index (χ3n) is 15.8. The normalized spacial score (nSPS) is 17.5. The van der Waals surface area contributed by atoms with Gasteiger partial charge >= 0.3 is 0 Å². The van der Waals surface area contributed by atoms with Crippen LogP contribution in [0.3, 0.4) is 0 Å². The molecule has 5 amide bonds. The summed E-state index contributed by atoms with van der Waals surface area (Å²) in [7, 11) is 0. The zero-order valence-electron chi connectivity index (χ0n) is 50.8. The molecule has 0 saturated carbocycles. The van der Waals surface area contributed by atoms with E-state index in [0.717, 1.165) is 40.3 Å². The Kier molecular flexibility index (Phi) is 23.5. The third-order valence-corrected chi connectivity index (χ3v) is 16.8. The van der Waals surface area contributed by atoms with Crippen LogP contribution in [0.5, 0.6) is 0 Å². The number of fused-ring (bicyclic) bond motifs is 1. The highest BCUT2D eigenvalue weighted by molar-refractivity contribution is 7.13. The minimum atomic E-state index is -0.946. The Balaban J connectivity index is 0.571. The fraction of sp³-hybridized carbons (Fsp3) is 0.508. The maximum absolute atomic E-state index is 14.8. The summed E-state index contributed by atoms with van der Waals surface area (Å²) in [5, 5.41) is 27.0. The van der Waals surface area contributed by atoms with E-state index >= 15 is 0 Å². The van der Waals surface area contributed by atoms with Gasteiger partial charge in [-0.2, -0.15) is 5.10 Å². The fourth-order valence-electron chi connectivity index (χ4n) is 11.0. The van der Waals surface area contributed by atoms with E-state index in [2.05, 4.69) is 36.3 Å². The van der Waals surface area contributed by atoms with Crippen LogP contribution in [0.15, 0.2) is 84.6 Å². The second-order valence-corrected chi connectivity index (χ2v) is 24.2. The average molecular weight is 1250 g/mol. The largest absolute Gasteiger partial charge is 0.391 e. The number of pyridine rings is 1. The number of β-amino-alcohol motifs (C(OH)–C–C–N with tert-alkyl or cyclic N) is 1. The molecular weight excluding hydrogens is 1170 g/mol. The number of piperidine rings is 1. The number of anilines is 3. The second-order valence-electron chi connectivity index (χ2n) is 23.3. The zero-order valence-corrected chi connectivity index (χ0v) is 51.6. The molecule has 3 fully saturated rings. The number of aliphatic hydroxyl groups excluding tert-OH is 1. The van der Waals surface area contributed by atoms with Crippen molar-refractivity contribution in [1.29, 1.82) is 0 Å². The van der Waals surface area contributed by atoms with Gasteiger partial charge in [0.25, 0.3) is 5.91 Å². The van der Waals surface area contributed by atoms with E-state index in [9.17, 15) is 37.9 Å². The molecule has 478 valence electrons. The van der Waals surface area contributed by atoms with E-state index in [-0.39, 0.29) is 87.2 Å². The fourth-order valence-corrected chi connectivity index (χ4v) is 11.8. The first-order valence-electron chi connectivity index (χ1n) is 30.3. The molecule has 4 aromatic heterocycles. The number of carbonyl (C=O) groups excluding carboxylic acids is 5. The first-order valence-corrected chi connectivity index (χ1v) is 31.2. The minimum Gasteiger partial charge on any atom is -0.391 e. The molecule has 23 nitrogen and oxygen atoms in total. The highest BCUT2D eigenvalue weighted by Gasteiger charge is 2.44. The van der Waals surface area contributed by atoms with Gasteiger partial charge in [0.15, 0.2) is 5.65 Å². The number of thiazole rings is 1. The zero-order chi connectivity index (χ0) is 62.9. The number of ether oxygens (including phenoxy) is 5. The number of aryl methyl sites for hydroxylation is 1. The Morgan fingerprint density at radius 3 is 2.17 bits per heavy atom. The number of carbonyl (C=O) groups is 5. The molecule has 26 heteroatoms. The van der Waals surface area contributed by atoms with Crippen LogP contribution in [0.1, 0.15) is 99.1 Å². The number of rotatable bonds is 30. The van der Waals surface area contributed by atoms with E-state index in [1.165, 1.54) is 21.7 Å². The molecule has 0 unspecified atom stereocenters. The molecule has 6 aromatic rings. The van der Waals surface area contributed by atoms with Crippen molar-refractivity contribution in [2.24, 2.45) is 5.41 Å². The number of nitrogens with one attached hydrogen (secondary N) is 4. The number of benzene rings is 2. The first kappa shape index (κ1) is 65.8. The van der Waals surface area contributed by atoms with Gasteiger partial charge in [0.05, 0.1) is 107 Å². The third kappa shape index (κ3) is 18.3. The summed E-state index contributed by atoms with van der Waals surface area (Å²) in [4.78, 5) is 86.9. The van der Waals surface area contributed by atoms with Crippen LogP contribution >= 0.6 is 11.3 Å². The molecule has 7 heterocycles. The van der Waals surface area contributed by atoms with Gasteiger partial charge < -0.3 is 64.8 Å². The molecule has 89 heavy (non-hydrogen) atoms. The van der Waals surface area contributed by atoms with Gasteiger partial charge in [-0.15, -0.1) is 11.3 Å². The van der Waals surface area contributed by atoms with Gasteiger partial charge in [0.1, 0.15) is 46.7 Å². The quantitative estimate of drug-likeness (QED) is 0.0301. The highest BCUT2D eigenvalue weighted by atomic mass is 32.1. The number of aromatic nitrogens is 5. The topological polar surface area (TPSA) is 266 Å². The lowest BCUT2D eigenvalue weighted by Gasteiger charge is -2.35. The van der Waals surface area contributed by atoms with E-state index < -0.39 is 53.1 Å². The number of likely N-dealkylation sites (tertiary alicyclic amines) is 2. The van der Waals surface area contributed by atoms with Crippen LogP contribution in [-0.2, 0) is 49.4 Å². The van der Waals surface area contributed by atoms with E-state index in [0.29, 0.717) is 108 Å². The molecule has 0 spiro atoms. The molecule has 0 aliphatic carbocycles. The number of hydrogen-bond donors (Lipinski definition) is 5. The second kappa shape index (κ2) is 31.7. The van der Waals surface area contributed by atoms with Crippen LogP contribution in [0.4, 0.5) is 26.1 Å². The predicted molar refractivity (Wildman–Crippen MR) is 329 cm³/mol. The van der Waals surface area contributed by atoms with Crippen LogP contribution < -0.4 is 26.2 Å². The summed E-state index contributed by atoms with van der Waals surface area (Å²) in [6, 6.07) is 16.1. The van der Waals surface area contributed by atoms with Crippen LogP contribution in [0.2, 0.25) is 0 Å². The van der Waals surface area contributed by atoms with Crippen molar-refractivity contribution in [3.8, 4) is 10.4 Å². The maximum atomic E-state index is 14.8. The molecule has 3 aliphatic heterocycles. The Labute approximate surface area is 520 Å². The summed E-state index contributed by atoms with van der Waals surface area (Å²) < 4.78 is 58.5. The molecule has 5 N–H and O–H groups in total. The monoisotopic (exact) mass is 1250 g/mol. The average Bonchev–Trinajstić information content (AvgIpc) is 1.90. The van der Waals surface area contributed by atoms with Crippen molar-refractivity contribution < 1.29 is 61.5 Å². The lowest BCUT2D eigenvalue weighted by atomic mass is 9.85. The van der Waals surface area contributed by atoms with Gasteiger partial charge in [-0.25, -0.2) is 28.2 Å². The van der Waals surface area contributed by atoms with Crippen molar-refractivity contribution in [1.82, 2.24) is 45.0 Å². The molecule has 2 aromatic carbocycles. The SMILES string of the molecule is Cc1ncsc1-c1ccc(CNC(=O)[C@@H]2C[C@@H](O)CN2C(=O)[C@@H](NC(=O)CCOCCOCCOCCOCCOCCC(=O)N2CCC(Nc3cccc(C(=O)Nc4cnn5ccc(N6CCC[C@@H]6c6cc(F)ccc6F)nc45)n3)CC2)C(C)(C)C)cc1. The Morgan fingerprint density at radius 1 is 0.809 bits per heavy atom. The lowest BCUT2D eigenvalue weighted by Crippen LogP contribution is -2.57. The van der Waals surface area contributed by atoms with Gasteiger partial charge in [-0.3, -0.25) is 24.0 Å². The van der Waals surface area contributed by atoms with Crippen LogP contribution in [0.25, 0.3) is 16.1 Å². The first-order chi connectivity index (χ1) is 43.0. The smallest absolute Gasteiger partial charge is 0.274 e. The Hall–Kier alpha value is -7.59. The van der Waals surface area contributed by atoms with Crippen molar-refractivity contribution in [3.63, 3.8) is 0 Å². The molecule has 0 radical (unpaired) electrons. The number of aliphatic hydroxyl groups is 1. The number of halogens is 2. The van der Waals surface area contributed by atoms with Crippen LogP contribution in [-0.4, -0.2) is 185 Å². The van der Waals surface area contributed by atoms with Crippen molar-refractivity contribution >= 4 is 63.8 Å². The summed E-state index contributed by atoms with van der Waals surface area (Å²) in [6.07, 6.45) is 5.50. The van der Waals surface area contributed by atoms with E-state index in [1.54, 1.807) is 47.3 Å². The number of nitrogens with zero attached hydrogens (tertiary/aromatic N) is 8. The Bertz CT molecular complexity index is 3340. The number of amides is 5. The molecule has 9 rings (SSSR count). The molecule has 4 atom stereocenters. The van der Waals surface area contributed by atoms with E-state index in [4.69, 9.17) is 28.7 Å². The van der Waals surface area contributed by atoms with Gasteiger partial charge in [-0.1, -0.05) is 51.1 Å². The standard InChI is InChI=1S/C63H80F2N12O11S/c1-41-57(89-40-67-41)43-12-10-42(11-13-43)37-66-61(82)52-36-46(78)39-76(52)62(83)58(63(2,3)4)73-55(79)19-25-84-27-29-86-31-33-88-34-32-87-30-28-85-26-20-56(80)74-22-16-45(17-23-74)69-53-9-5-7-49(70-53)60(81)71-50-38-68-77-24-18-54(72-59(50)77)75-21-6-8-51(75)47-35-44(64)14-15-48(47)65/h5,7,9-15,18,24,35,38,40,45-46,51-52,58,78H,6,8,16-17,19-23,25-34,36-37,39H2,1-4H3,(H,66,82)(H,69,70)(H,71,81)(H,73,79)/t46-,51-,52+,58-/m1/s1. The lowest BCUT2D eigenvalue weighted by molar-refractivity contribution is -0.144. The molecule has 3 aliphatic rings. The van der Waals surface area contributed by atoms with Crippen molar-refractivity contribution in [2.75, 3.05) is 108 Å². The maximum Gasteiger partial charge on any atom is 0.274 e. The van der Waals surface area contributed by atoms with Crippen molar-refractivity contribution in [2.45, 2.75) is 109 Å². The molecule has 3 saturated heterocycles. The van der Waals surface area contributed by atoms with Crippen molar-refractivity contribution in [3.05, 3.63) is 119 Å². The van der Waals surface area contributed by atoms with Gasteiger partial charge in [-0.05, 0) is 85.5 Å².